The van der Waals surface area contributed by atoms with Crippen LogP contribution in [0.3, 0.4) is 0 Å². The van der Waals surface area contributed by atoms with Crippen LogP contribution in [0.4, 0.5) is 0 Å². The molecule has 1 aromatic heterocycles. The molecule has 0 bridgehead atoms. The monoisotopic (exact) mass is 295 g/mol. The van der Waals surface area contributed by atoms with Crippen molar-refractivity contribution >= 4 is 17.3 Å². The van der Waals surface area contributed by atoms with E-state index in [1.165, 1.54) is 25.7 Å². The number of rotatable bonds is 4. The largest absolute Gasteiger partial charge is 0.383 e. The molecule has 4 N–H and O–H groups in total. The van der Waals surface area contributed by atoms with Gasteiger partial charge in [0, 0.05) is 6.04 Å². The van der Waals surface area contributed by atoms with Crippen molar-refractivity contribution in [2.75, 3.05) is 6.54 Å². The zero-order valence-corrected chi connectivity index (χ0v) is 13.0. The predicted molar refractivity (Wildman–Crippen MR) is 85.0 cm³/mol. The van der Waals surface area contributed by atoms with Gasteiger partial charge < -0.3 is 16.2 Å². The van der Waals surface area contributed by atoms with Crippen LogP contribution in [0.1, 0.15) is 51.0 Å². The SMILES string of the molecule is CC(O)(CN=C(N)NC1CCCCCC1)c1ccsc1. The van der Waals surface area contributed by atoms with Crippen molar-refractivity contribution in [2.45, 2.75) is 57.1 Å². The molecule has 2 rings (SSSR count). The van der Waals surface area contributed by atoms with Crippen LogP contribution in [-0.2, 0) is 5.60 Å². The number of nitrogens with two attached hydrogens (primary N) is 1. The van der Waals surface area contributed by atoms with Crippen molar-refractivity contribution in [2.24, 2.45) is 10.7 Å². The number of hydrogen-bond acceptors (Lipinski definition) is 3. The van der Waals surface area contributed by atoms with Crippen LogP contribution in [-0.4, -0.2) is 23.7 Å². The highest BCUT2D eigenvalue weighted by molar-refractivity contribution is 7.08. The minimum atomic E-state index is -0.949. The maximum Gasteiger partial charge on any atom is 0.188 e. The topological polar surface area (TPSA) is 70.6 Å². The molecule has 1 aliphatic rings. The maximum absolute atomic E-state index is 10.4. The molecule has 1 heterocycles. The Hall–Kier alpha value is -1.07. The second kappa shape index (κ2) is 7.09. The lowest BCUT2D eigenvalue weighted by atomic mass is 10.00. The summed E-state index contributed by atoms with van der Waals surface area (Å²) in [5.74, 6) is 0.451. The number of nitrogens with zero attached hydrogens (tertiary/aromatic N) is 1. The third kappa shape index (κ3) is 4.49. The smallest absolute Gasteiger partial charge is 0.188 e. The van der Waals surface area contributed by atoms with Crippen LogP contribution >= 0.6 is 11.3 Å². The van der Waals surface area contributed by atoms with Crippen molar-refractivity contribution in [3.05, 3.63) is 22.4 Å². The van der Waals surface area contributed by atoms with E-state index >= 15 is 0 Å². The summed E-state index contributed by atoms with van der Waals surface area (Å²) in [7, 11) is 0. The van der Waals surface area contributed by atoms with E-state index in [4.69, 9.17) is 5.73 Å². The van der Waals surface area contributed by atoms with Gasteiger partial charge in [0.25, 0.3) is 0 Å². The number of hydrogen-bond donors (Lipinski definition) is 3. The Labute approximate surface area is 125 Å². The molecule has 0 spiro atoms. The summed E-state index contributed by atoms with van der Waals surface area (Å²) in [6.07, 6.45) is 7.49. The quantitative estimate of drug-likeness (QED) is 0.454. The highest BCUT2D eigenvalue weighted by Gasteiger charge is 2.23. The molecule has 1 unspecified atom stereocenters. The fourth-order valence-corrected chi connectivity index (χ4v) is 3.36. The Morgan fingerprint density at radius 1 is 1.45 bits per heavy atom. The van der Waals surface area contributed by atoms with E-state index in [0.29, 0.717) is 12.0 Å². The van der Waals surface area contributed by atoms with Crippen molar-refractivity contribution < 1.29 is 5.11 Å². The van der Waals surface area contributed by atoms with E-state index in [0.717, 1.165) is 18.4 Å². The molecular formula is C15H25N3OS. The van der Waals surface area contributed by atoms with Gasteiger partial charge in [-0.05, 0) is 42.2 Å². The first-order valence-corrected chi connectivity index (χ1v) is 8.34. The molecule has 0 aromatic carbocycles. The van der Waals surface area contributed by atoms with Crippen molar-refractivity contribution in [3.63, 3.8) is 0 Å². The maximum atomic E-state index is 10.4. The van der Waals surface area contributed by atoms with E-state index in [1.54, 1.807) is 18.3 Å². The first-order valence-electron chi connectivity index (χ1n) is 7.39. The molecule has 112 valence electrons. The third-order valence-electron chi connectivity index (χ3n) is 3.91. The lowest BCUT2D eigenvalue weighted by molar-refractivity contribution is 0.0677. The predicted octanol–water partition coefficient (Wildman–Crippen LogP) is 2.58. The highest BCUT2D eigenvalue weighted by atomic mass is 32.1. The third-order valence-corrected chi connectivity index (χ3v) is 4.59. The van der Waals surface area contributed by atoms with E-state index < -0.39 is 5.60 Å². The second-order valence-electron chi connectivity index (χ2n) is 5.82. The van der Waals surface area contributed by atoms with Gasteiger partial charge in [-0.1, -0.05) is 25.7 Å². The van der Waals surface area contributed by atoms with Crippen LogP contribution in [0.15, 0.2) is 21.8 Å². The van der Waals surface area contributed by atoms with Crippen molar-refractivity contribution in [1.82, 2.24) is 5.32 Å². The van der Waals surface area contributed by atoms with Gasteiger partial charge in [-0.2, -0.15) is 11.3 Å². The van der Waals surface area contributed by atoms with Gasteiger partial charge in [0.2, 0.25) is 0 Å². The summed E-state index contributed by atoms with van der Waals surface area (Å²) < 4.78 is 0. The molecule has 1 saturated carbocycles. The zero-order valence-electron chi connectivity index (χ0n) is 12.1. The van der Waals surface area contributed by atoms with Gasteiger partial charge in [-0.25, -0.2) is 0 Å². The Kier molecular flexibility index (Phi) is 5.43. The molecule has 4 nitrogen and oxygen atoms in total. The summed E-state index contributed by atoms with van der Waals surface area (Å²) in [6.45, 7) is 2.06. The molecule has 0 saturated heterocycles. The van der Waals surface area contributed by atoms with Crippen LogP contribution in [0, 0.1) is 0 Å². The normalized spacial score (nSPS) is 21.2. The molecule has 1 atom stereocenters. The minimum absolute atomic E-state index is 0.287. The molecule has 1 aliphatic carbocycles. The standard InChI is InChI=1S/C15H25N3OS/c1-15(19,12-8-9-20-10-12)11-17-14(16)18-13-6-4-2-3-5-7-13/h8-10,13,19H,2-7,11H2,1H3,(H3,16,17,18). The Morgan fingerprint density at radius 3 is 2.75 bits per heavy atom. The molecule has 5 heteroatoms. The summed E-state index contributed by atoms with van der Waals surface area (Å²) in [6, 6.07) is 2.36. The summed E-state index contributed by atoms with van der Waals surface area (Å²) in [4.78, 5) is 4.31. The Bertz CT molecular complexity index is 420. The molecule has 0 radical (unpaired) electrons. The molecule has 0 aliphatic heterocycles. The van der Waals surface area contributed by atoms with Crippen LogP contribution < -0.4 is 11.1 Å². The lowest BCUT2D eigenvalue weighted by Crippen LogP contribution is -2.40. The van der Waals surface area contributed by atoms with Crippen LogP contribution in [0.25, 0.3) is 0 Å². The first kappa shape index (κ1) is 15.3. The second-order valence-corrected chi connectivity index (χ2v) is 6.60. The van der Waals surface area contributed by atoms with Gasteiger partial charge in [-0.3, -0.25) is 4.99 Å². The molecule has 1 aromatic rings. The van der Waals surface area contributed by atoms with E-state index in [2.05, 4.69) is 10.3 Å². The summed E-state index contributed by atoms with van der Waals surface area (Å²) >= 11 is 1.58. The molecular weight excluding hydrogens is 270 g/mol. The average molecular weight is 295 g/mol. The Balaban J connectivity index is 1.86. The van der Waals surface area contributed by atoms with Gasteiger partial charge in [0.15, 0.2) is 5.96 Å². The van der Waals surface area contributed by atoms with E-state index in [1.807, 2.05) is 16.8 Å². The summed E-state index contributed by atoms with van der Waals surface area (Å²) in [5, 5.41) is 17.6. The van der Waals surface area contributed by atoms with Gasteiger partial charge in [0.1, 0.15) is 5.60 Å². The van der Waals surface area contributed by atoms with E-state index in [-0.39, 0.29) is 6.54 Å². The Morgan fingerprint density at radius 2 is 2.15 bits per heavy atom. The van der Waals surface area contributed by atoms with Gasteiger partial charge in [-0.15, -0.1) is 0 Å². The summed E-state index contributed by atoms with van der Waals surface area (Å²) in [5.41, 5.74) is 5.89. The molecule has 0 amide bonds. The molecule has 20 heavy (non-hydrogen) atoms. The first-order chi connectivity index (χ1) is 9.58. The van der Waals surface area contributed by atoms with Gasteiger partial charge in [0.05, 0.1) is 6.54 Å². The van der Waals surface area contributed by atoms with E-state index in [9.17, 15) is 5.11 Å². The highest BCUT2D eigenvalue weighted by Crippen LogP contribution is 2.23. The lowest BCUT2D eigenvalue weighted by Gasteiger charge is -2.21. The van der Waals surface area contributed by atoms with Crippen LogP contribution in [0.2, 0.25) is 0 Å². The van der Waals surface area contributed by atoms with Gasteiger partial charge >= 0.3 is 0 Å². The number of aliphatic hydroxyl groups is 1. The molecule has 1 fully saturated rings. The fourth-order valence-electron chi connectivity index (χ4n) is 2.58. The fraction of sp³-hybridized carbons (Fsp3) is 0.667. The van der Waals surface area contributed by atoms with Crippen molar-refractivity contribution in [3.8, 4) is 0 Å². The number of nitrogens with one attached hydrogen (secondary N) is 1. The zero-order chi connectivity index (χ0) is 14.4. The van der Waals surface area contributed by atoms with Crippen molar-refractivity contribution in [1.29, 1.82) is 0 Å². The number of thiophene rings is 1. The van der Waals surface area contributed by atoms with Crippen LogP contribution in [0.5, 0.6) is 0 Å². The average Bonchev–Trinajstić information content (AvgIpc) is 2.85. The number of guanidine groups is 1. The minimum Gasteiger partial charge on any atom is -0.383 e. The number of aliphatic imine (C=N–C) groups is 1.